The van der Waals surface area contributed by atoms with Crippen LogP contribution in [0.5, 0.6) is 0 Å². The molecule has 0 bridgehead atoms. The van der Waals surface area contributed by atoms with Crippen LogP contribution in [0.15, 0.2) is 18.2 Å². The number of carboxylic acid groups (broad SMARTS) is 3. The van der Waals surface area contributed by atoms with Crippen molar-refractivity contribution < 1.29 is 29.7 Å². The summed E-state index contributed by atoms with van der Waals surface area (Å²) in [6.45, 7) is 0. The van der Waals surface area contributed by atoms with E-state index in [1.54, 1.807) is 0 Å². The van der Waals surface area contributed by atoms with Crippen molar-refractivity contribution in [1.82, 2.24) is 0 Å². The number of hydrogen-bond donors (Lipinski definition) is 3. The van der Waals surface area contributed by atoms with Crippen LogP contribution < -0.4 is 0 Å². The summed E-state index contributed by atoms with van der Waals surface area (Å²) in [7, 11) is 0. The Morgan fingerprint density at radius 2 is 1.31 bits per heavy atom. The van der Waals surface area contributed by atoms with Gasteiger partial charge in [-0.2, -0.15) is 0 Å². The Hall–Kier alpha value is -1.45. The molecule has 0 spiro atoms. The van der Waals surface area contributed by atoms with Gasteiger partial charge in [0.05, 0.1) is 16.7 Å². The molecule has 2 radical (unpaired) electrons. The van der Waals surface area contributed by atoms with Crippen LogP contribution in [-0.2, 0) is 0 Å². The molecular weight excluding hydrogens is 411 g/mol. The third-order valence-corrected chi connectivity index (χ3v) is 1.73. The van der Waals surface area contributed by atoms with Crippen molar-refractivity contribution in [3.63, 3.8) is 0 Å². The van der Waals surface area contributed by atoms with E-state index < -0.39 is 29.0 Å². The Bertz CT molecular complexity index is 453. The summed E-state index contributed by atoms with van der Waals surface area (Å²) in [6, 6.07) is 2.81. The molecule has 0 aromatic heterocycles. The maximum atomic E-state index is 10.6. The Labute approximate surface area is 110 Å². The van der Waals surface area contributed by atoms with Crippen LogP contribution in [-0.4, -0.2) is 60.5 Å². The first-order valence-electron chi connectivity index (χ1n) is 3.77. The van der Waals surface area contributed by atoms with E-state index in [9.17, 15) is 14.4 Å². The van der Waals surface area contributed by atoms with Gasteiger partial charge in [0.15, 0.2) is 0 Å². The summed E-state index contributed by atoms with van der Waals surface area (Å²) in [5, 5.41) is 25.9. The molecule has 0 aliphatic heterocycles. The van der Waals surface area contributed by atoms with Gasteiger partial charge in [0.25, 0.3) is 0 Å². The van der Waals surface area contributed by atoms with Crippen molar-refractivity contribution in [3.8, 4) is 0 Å². The average molecular weight is 419 g/mol. The normalized spacial score (nSPS) is 9.00. The van der Waals surface area contributed by atoms with Gasteiger partial charge in [0.2, 0.25) is 0 Å². The van der Waals surface area contributed by atoms with Crippen LogP contribution in [0, 0.1) is 0 Å². The molecule has 0 amide bonds. The number of rotatable bonds is 3. The van der Waals surface area contributed by atoms with Gasteiger partial charge in [0, 0.05) is 0 Å². The third-order valence-electron chi connectivity index (χ3n) is 1.73. The van der Waals surface area contributed by atoms with Gasteiger partial charge in [-0.3, -0.25) is 0 Å². The van der Waals surface area contributed by atoms with E-state index in [0.717, 1.165) is 18.2 Å². The average Bonchev–Trinajstić information content (AvgIpc) is 2.16. The fourth-order valence-electron chi connectivity index (χ4n) is 1.04. The first kappa shape index (κ1) is 14.6. The summed E-state index contributed by atoms with van der Waals surface area (Å²) in [4.78, 5) is 31.8. The minimum atomic E-state index is -1.48. The Balaban J connectivity index is 0.00000225. The molecule has 16 heavy (non-hydrogen) atoms. The molecule has 1 aromatic rings. The van der Waals surface area contributed by atoms with E-state index in [1.807, 2.05) is 0 Å². The van der Waals surface area contributed by atoms with Crippen molar-refractivity contribution in [2.24, 2.45) is 0 Å². The summed E-state index contributed by atoms with van der Waals surface area (Å²) in [6.07, 6.45) is 0. The quantitative estimate of drug-likeness (QED) is 0.589. The zero-order chi connectivity index (χ0) is 11.6. The summed E-state index contributed by atoms with van der Waals surface area (Å²) >= 11 is 0. The van der Waals surface area contributed by atoms with Crippen molar-refractivity contribution in [1.29, 1.82) is 0 Å². The molecule has 84 valence electrons. The SMILES string of the molecule is O=C(O)c1ccc(C(=O)O)c(C(=O)O)c1.[PbH2]. The van der Waals surface area contributed by atoms with Crippen LogP contribution in [0.3, 0.4) is 0 Å². The molecule has 0 unspecified atom stereocenters. The van der Waals surface area contributed by atoms with E-state index in [4.69, 9.17) is 15.3 Å². The molecule has 1 rings (SSSR count). The molecule has 0 heterocycles. The Morgan fingerprint density at radius 1 is 0.812 bits per heavy atom. The van der Waals surface area contributed by atoms with Crippen LogP contribution in [0.1, 0.15) is 31.1 Å². The molecule has 0 fully saturated rings. The van der Waals surface area contributed by atoms with Gasteiger partial charge in [-0.25, -0.2) is 14.4 Å². The standard InChI is InChI=1S/C9H6O6.Pb.2H/c10-7(11)4-1-2-5(8(12)13)6(3-4)9(14)15;;;/h1-3H,(H,10,11)(H,12,13)(H,14,15);;;. The molecule has 3 N–H and O–H groups in total. The van der Waals surface area contributed by atoms with E-state index in [-0.39, 0.29) is 32.9 Å². The van der Waals surface area contributed by atoms with Gasteiger partial charge in [-0.05, 0) is 18.2 Å². The minimum absolute atomic E-state index is 0. The predicted molar refractivity (Wildman–Crippen MR) is 55.9 cm³/mol. The van der Waals surface area contributed by atoms with E-state index in [1.165, 1.54) is 0 Å². The summed E-state index contributed by atoms with van der Waals surface area (Å²) < 4.78 is 0. The van der Waals surface area contributed by atoms with E-state index in [0.29, 0.717) is 0 Å². The van der Waals surface area contributed by atoms with E-state index >= 15 is 0 Å². The molecule has 6 nitrogen and oxygen atoms in total. The molecule has 0 aliphatic carbocycles. The number of carboxylic acids is 3. The maximum absolute atomic E-state index is 10.6. The van der Waals surface area contributed by atoms with Gasteiger partial charge in [0.1, 0.15) is 0 Å². The predicted octanol–water partition coefficient (Wildman–Crippen LogP) is -0.135. The van der Waals surface area contributed by atoms with Gasteiger partial charge in [-0.15, -0.1) is 0 Å². The summed E-state index contributed by atoms with van der Waals surface area (Å²) in [5.41, 5.74) is -1.24. The fourth-order valence-corrected chi connectivity index (χ4v) is 1.04. The first-order chi connectivity index (χ1) is 6.93. The number of benzene rings is 1. The second-order valence-electron chi connectivity index (χ2n) is 2.68. The molecule has 0 saturated carbocycles. The van der Waals surface area contributed by atoms with Crippen molar-refractivity contribution >= 4 is 45.2 Å². The second-order valence-corrected chi connectivity index (χ2v) is 2.68. The number of carbonyl (C=O) groups is 3. The van der Waals surface area contributed by atoms with Crippen LogP contribution >= 0.6 is 0 Å². The van der Waals surface area contributed by atoms with Crippen molar-refractivity contribution in [2.75, 3.05) is 0 Å². The van der Waals surface area contributed by atoms with Crippen LogP contribution in [0.4, 0.5) is 0 Å². The summed E-state index contributed by atoms with van der Waals surface area (Å²) in [5.74, 6) is -4.20. The van der Waals surface area contributed by atoms with Crippen LogP contribution in [0.2, 0.25) is 0 Å². The molecule has 1 aromatic carbocycles. The molecule has 0 aliphatic rings. The van der Waals surface area contributed by atoms with Crippen molar-refractivity contribution in [2.45, 2.75) is 0 Å². The fraction of sp³-hybridized carbons (Fsp3) is 0. The van der Waals surface area contributed by atoms with E-state index in [2.05, 4.69) is 0 Å². The molecule has 7 heteroatoms. The molecule has 0 saturated heterocycles. The third kappa shape index (κ3) is 3.02. The van der Waals surface area contributed by atoms with Gasteiger partial charge >= 0.3 is 45.2 Å². The molecule has 0 atom stereocenters. The zero-order valence-corrected chi connectivity index (χ0v) is 13.5. The van der Waals surface area contributed by atoms with Gasteiger partial charge < -0.3 is 15.3 Å². The number of hydrogen-bond acceptors (Lipinski definition) is 3. The zero-order valence-electron chi connectivity index (χ0n) is 8.01. The first-order valence-corrected chi connectivity index (χ1v) is 3.77. The van der Waals surface area contributed by atoms with Crippen LogP contribution in [0.25, 0.3) is 0 Å². The Kier molecular flexibility index (Phi) is 5.08. The topological polar surface area (TPSA) is 112 Å². The van der Waals surface area contributed by atoms with Crippen molar-refractivity contribution in [3.05, 3.63) is 34.9 Å². The van der Waals surface area contributed by atoms with Gasteiger partial charge in [-0.1, -0.05) is 0 Å². The monoisotopic (exact) mass is 420 g/mol. The Morgan fingerprint density at radius 3 is 1.69 bits per heavy atom. The second kappa shape index (κ2) is 5.59. The molecular formula is C9H8O6Pb. The number of aromatic carboxylic acids is 3.